The van der Waals surface area contributed by atoms with Gasteiger partial charge in [0.15, 0.2) is 0 Å². The first kappa shape index (κ1) is 18.1. The molecule has 1 heterocycles. The molecule has 0 spiro atoms. The maximum Gasteiger partial charge on any atom is 0.262 e. The second kappa shape index (κ2) is 7.70. The lowest BCUT2D eigenvalue weighted by atomic mass is 10.1. The molecule has 26 heavy (non-hydrogen) atoms. The summed E-state index contributed by atoms with van der Waals surface area (Å²) in [5.74, 6) is -1.61. The highest BCUT2D eigenvalue weighted by atomic mass is 32.2. The lowest BCUT2D eigenvalue weighted by Gasteiger charge is -2.24. The SMILES string of the molecule is CSC[C@H](C(=O)NCc1ccccc1F)N1C(=O)c2ccccc2C1=O. The Morgan fingerprint density at radius 3 is 2.23 bits per heavy atom. The third kappa shape index (κ3) is 3.35. The van der Waals surface area contributed by atoms with Crippen LogP contribution in [0.2, 0.25) is 0 Å². The van der Waals surface area contributed by atoms with E-state index in [2.05, 4.69) is 5.32 Å². The average molecular weight is 372 g/mol. The smallest absolute Gasteiger partial charge is 0.262 e. The number of hydrogen-bond acceptors (Lipinski definition) is 4. The lowest BCUT2D eigenvalue weighted by molar-refractivity contribution is -0.124. The molecular formula is C19H17FN2O3S. The molecule has 1 aliphatic heterocycles. The monoisotopic (exact) mass is 372 g/mol. The summed E-state index contributed by atoms with van der Waals surface area (Å²) in [6, 6.07) is 11.7. The van der Waals surface area contributed by atoms with Crippen molar-refractivity contribution in [1.29, 1.82) is 0 Å². The molecule has 3 rings (SSSR count). The van der Waals surface area contributed by atoms with Gasteiger partial charge < -0.3 is 5.32 Å². The van der Waals surface area contributed by atoms with E-state index in [1.54, 1.807) is 48.7 Å². The second-order valence-corrected chi connectivity index (χ2v) is 6.72. The van der Waals surface area contributed by atoms with Gasteiger partial charge in [-0.1, -0.05) is 30.3 Å². The summed E-state index contributed by atoms with van der Waals surface area (Å²) in [6.07, 6.45) is 1.79. The Morgan fingerprint density at radius 1 is 1.08 bits per heavy atom. The zero-order valence-electron chi connectivity index (χ0n) is 14.1. The average Bonchev–Trinajstić information content (AvgIpc) is 2.90. The van der Waals surface area contributed by atoms with Gasteiger partial charge in [-0.3, -0.25) is 19.3 Å². The first-order chi connectivity index (χ1) is 12.5. The van der Waals surface area contributed by atoms with E-state index in [4.69, 9.17) is 0 Å². The van der Waals surface area contributed by atoms with Crippen molar-refractivity contribution in [1.82, 2.24) is 10.2 Å². The standard InChI is InChI=1S/C19H17FN2O3S/c1-26-11-16(17(23)21-10-12-6-2-5-9-15(12)20)22-18(24)13-7-3-4-8-14(13)19(22)25/h2-9,16H,10-11H2,1H3,(H,21,23)/t16-/m1/s1. The Kier molecular flexibility index (Phi) is 5.37. The summed E-state index contributed by atoms with van der Waals surface area (Å²) in [5.41, 5.74) is 0.933. The Morgan fingerprint density at radius 2 is 1.65 bits per heavy atom. The number of halogens is 1. The van der Waals surface area contributed by atoms with E-state index >= 15 is 0 Å². The summed E-state index contributed by atoms with van der Waals surface area (Å²) >= 11 is 1.35. The molecule has 0 bridgehead atoms. The molecule has 7 heteroatoms. The summed E-state index contributed by atoms with van der Waals surface area (Å²) < 4.78 is 13.7. The van der Waals surface area contributed by atoms with Crippen molar-refractivity contribution in [2.45, 2.75) is 12.6 Å². The van der Waals surface area contributed by atoms with Crippen LogP contribution in [0.4, 0.5) is 4.39 Å². The van der Waals surface area contributed by atoms with Crippen LogP contribution in [0.3, 0.4) is 0 Å². The number of benzene rings is 2. The minimum Gasteiger partial charge on any atom is -0.350 e. The molecule has 0 unspecified atom stereocenters. The lowest BCUT2D eigenvalue weighted by Crippen LogP contribution is -2.50. The van der Waals surface area contributed by atoms with Gasteiger partial charge in [0.25, 0.3) is 11.8 Å². The van der Waals surface area contributed by atoms with Gasteiger partial charge >= 0.3 is 0 Å². The van der Waals surface area contributed by atoms with Crippen LogP contribution >= 0.6 is 11.8 Å². The van der Waals surface area contributed by atoms with E-state index < -0.39 is 29.6 Å². The molecule has 0 radical (unpaired) electrons. The van der Waals surface area contributed by atoms with Crippen molar-refractivity contribution in [2.24, 2.45) is 0 Å². The molecule has 2 aromatic carbocycles. The second-order valence-electron chi connectivity index (χ2n) is 5.81. The van der Waals surface area contributed by atoms with Crippen molar-refractivity contribution in [3.63, 3.8) is 0 Å². The number of carbonyl (C=O) groups excluding carboxylic acids is 3. The number of rotatable bonds is 6. The molecule has 134 valence electrons. The van der Waals surface area contributed by atoms with Crippen LogP contribution in [0.25, 0.3) is 0 Å². The molecule has 1 N–H and O–H groups in total. The first-order valence-electron chi connectivity index (χ1n) is 8.01. The number of imide groups is 1. The molecule has 0 saturated carbocycles. The molecular weight excluding hydrogens is 355 g/mol. The van der Waals surface area contributed by atoms with Gasteiger partial charge in [0.05, 0.1) is 11.1 Å². The molecule has 1 aliphatic rings. The highest BCUT2D eigenvalue weighted by Crippen LogP contribution is 2.25. The van der Waals surface area contributed by atoms with Crippen LogP contribution in [0.5, 0.6) is 0 Å². The Labute approximate surface area is 154 Å². The topological polar surface area (TPSA) is 66.5 Å². The third-order valence-corrected chi connectivity index (χ3v) is 4.82. The highest BCUT2D eigenvalue weighted by Gasteiger charge is 2.42. The van der Waals surface area contributed by atoms with Gasteiger partial charge in [-0.25, -0.2) is 4.39 Å². The van der Waals surface area contributed by atoms with Crippen LogP contribution in [0, 0.1) is 5.82 Å². The van der Waals surface area contributed by atoms with E-state index in [-0.39, 0.29) is 12.3 Å². The summed E-state index contributed by atoms with van der Waals surface area (Å²) in [4.78, 5) is 38.9. The zero-order chi connectivity index (χ0) is 18.7. The van der Waals surface area contributed by atoms with Crippen molar-refractivity contribution in [2.75, 3.05) is 12.0 Å². The molecule has 0 saturated heterocycles. The zero-order valence-corrected chi connectivity index (χ0v) is 14.9. The number of hydrogen-bond donors (Lipinski definition) is 1. The van der Waals surface area contributed by atoms with Crippen molar-refractivity contribution in [3.05, 3.63) is 71.0 Å². The van der Waals surface area contributed by atoms with Crippen molar-refractivity contribution < 1.29 is 18.8 Å². The van der Waals surface area contributed by atoms with Crippen LogP contribution in [-0.2, 0) is 11.3 Å². The van der Waals surface area contributed by atoms with Crippen LogP contribution < -0.4 is 5.32 Å². The Balaban J connectivity index is 1.79. The molecule has 5 nitrogen and oxygen atoms in total. The van der Waals surface area contributed by atoms with Gasteiger partial charge in [0.1, 0.15) is 11.9 Å². The maximum absolute atomic E-state index is 13.7. The van der Waals surface area contributed by atoms with E-state index in [1.807, 2.05) is 0 Å². The van der Waals surface area contributed by atoms with Crippen LogP contribution in [0.15, 0.2) is 48.5 Å². The third-order valence-electron chi connectivity index (χ3n) is 4.18. The quantitative estimate of drug-likeness (QED) is 0.791. The molecule has 0 aromatic heterocycles. The minimum absolute atomic E-state index is 0.0143. The first-order valence-corrected chi connectivity index (χ1v) is 9.41. The normalized spacial score (nSPS) is 14.3. The molecule has 3 amide bonds. The number of amides is 3. The molecule has 0 fully saturated rings. The van der Waals surface area contributed by atoms with Gasteiger partial charge in [0, 0.05) is 17.9 Å². The Hall–Kier alpha value is -2.67. The van der Waals surface area contributed by atoms with Crippen LogP contribution in [-0.4, -0.2) is 40.7 Å². The summed E-state index contributed by atoms with van der Waals surface area (Å²) in [5, 5.41) is 2.63. The van der Waals surface area contributed by atoms with E-state index in [0.29, 0.717) is 16.7 Å². The van der Waals surface area contributed by atoms with Crippen molar-refractivity contribution in [3.8, 4) is 0 Å². The highest BCUT2D eigenvalue weighted by molar-refractivity contribution is 7.98. The van der Waals surface area contributed by atoms with Crippen LogP contribution in [0.1, 0.15) is 26.3 Å². The fourth-order valence-electron chi connectivity index (χ4n) is 2.86. The Bertz CT molecular complexity index is 836. The van der Waals surface area contributed by atoms with Gasteiger partial charge in [-0.05, 0) is 24.5 Å². The molecule has 0 aliphatic carbocycles. The predicted octanol–water partition coefficient (Wildman–Crippen LogP) is 2.47. The number of nitrogens with one attached hydrogen (secondary N) is 1. The maximum atomic E-state index is 13.7. The number of fused-ring (bicyclic) bond motifs is 1. The summed E-state index contributed by atoms with van der Waals surface area (Å²) in [7, 11) is 0. The summed E-state index contributed by atoms with van der Waals surface area (Å²) in [6.45, 7) is -0.0143. The number of nitrogens with zero attached hydrogens (tertiary/aromatic N) is 1. The predicted molar refractivity (Wildman–Crippen MR) is 97.4 cm³/mol. The molecule has 1 atom stereocenters. The molecule has 2 aromatic rings. The van der Waals surface area contributed by atoms with Gasteiger partial charge in [-0.2, -0.15) is 11.8 Å². The fourth-order valence-corrected chi connectivity index (χ4v) is 3.47. The largest absolute Gasteiger partial charge is 0.350 e. The fraction of sp³-hybridized carbons (Fsp3) is 0.211. The van der Waals surface area contributed by atoms with E-state index in [9.17, 15) is 18.8 Å². The number of thioether (sulfide) groups is 1. The van der Waals surface area contributed by atoms with E-state index in [0.717, 1.165) is 4.90 Å². The van der Waals surface area contributed by atoms with Gasteiger partial charge in [-0.15, -0.1) is 0 Å². The minimum atomic E-state index is -0.954. The van der Waals surface area contributed by atoms with E-state index in [1.165, 1.54) is 17.8 Å². The number of carbonyl (C=O) groups is 3. The van der Waals surface area contributed by atoms with Gasteiger partial charge in [0.2, 0.25) is 5.91 Å². The van der Waals surface area contributed by atoms with Crippen molar-refractivity contribution >= 4 is 29.5 Å².